The molecule has 2 fully saturated rings. The highest BCUT2D eigenvalue weighted by Gasteiger charge is 2.51. The van der Waals surface area contributed by atoms with Crippen LogP contribution in [-0.4, -0.2) is 112 Å². The summed E-state index contributed by atoms with van der Waals surface area (Å²) in [6.45, 7) is -1.07. The first-order valence-electron chi connectivity index (χ1n) is 9.98. The molecule has 3 heterocycles. The zero-order valence-electron chi connectivity index (χ0n) is 18.1. The van der Waals surface area contributed by atoms with Crippen LogP contribution in [-0.2, 0) is 36.8 Å². The number of nitrogens with zero attached hydrogens (tertiary/aromatic N) is 1. The summed E-state index contributed by atoms with van der Waals surface area (Å²) < 4.78 is 47.6. The predicted octanol–water partition coefficient (Wildman–Crippen LogP) is -4.70. The number of carboxylic acids is 1. The second kappa shape index (κ2) is 11.1. The molecular weight excluding hydrogens is 558 g/mol. The molecule has 9 N–H and O–H groups in total. The van der Waals surface area contributed by atoms with Crippen molar-refractivity contribution in [1.29, 1.82) is 0 Å². The van der Waals surface area contributed by atoms with E-state index < -0.39 is 94.7 Å². The Morgan fingerprint density at radius 1 is 0.973 bits per heavy atom. The summed E-state index contributed by atoms with van der Waals surface area (Å²) in [4.78, 5) is 55.5. The molecule has 2 saturated heterocycles. The molecule has 0 bridgehead atoms. The van der Waals surface area contributed by atoms with E-state index in [1.54, 1.807) is 0 Å². The van der Waals surface area contributed by atoms with Gasteiger partial charge in [-0.25, -0.2) is 18.7 Å². The lowest BCUT2D eigenvalue weighted by molar-refractivity contribution is -0.274. The third-order valence-electron chi connectivity index (χ3n) is 5.12. The standard InChI is InChI=1S/C15H22N2O18P2/c18-5-1-2-17(15(26)16-5)12-9(22)6(19)4(32-12)3-31-36(27,28)35-37(29,30)34-14-10(23)7(20)8(21)11(33-14)13(24)25/h1-2,4,6-12,14,19-23H,3H2,(H,24,25)(H,27,28)(H,29,30)(H,16,18,26)/t4-,6-,7+,8+,9-,10-,11+,12-,14?/m1/s1. The molecule has 0 amide bonds. The van der Waals surface area contributed by atoms with Crippen LogP contribution in [0.15, 0.2) is 21.9 Å². The summed E-state index contributed by atoms with van der Waals surface area (Å²) in [6, 6.07) is 0.910. The Balaban J connectivity index is 1.63. The number of ether oxygens (including phenoxy) is 2. The average Bonchev–Trinajstić information content (AvgIpc) is 3.05. The Kier molecular flexibility index (Phi) is 8.89. The van der Waals surface area contributed by atoms with Gasteiger partial charge in [0.25, 0.3) is 5.56 Å². The van der Waals surface area contributed by atoms with Crippen molar-refractivity contribution < 1.29 is 77.2 Å². The molecule has 20 nitrogen and oxygen atoms in total. The van der Waals surface area contributed by atoms with Crippen molar-refractivity contribution in [2.75, 3.05) is 6.61 Å². The van der Waals surface area contributed by atoms with Gasteiger partial charge in [0.1, 0.15) is 36.6 Å². The summed E-state index contributed by atoms with van der Waals surface area (Å²) in [5.74, 6) is -1.85. The second-order valence-corrected chi connectivity index (χ2v) is 10.7. The smallest absolute Gasteiger partial charge is 0.479 e. The summed E-state index contributed by atoms with van der Waals surface area (Å²) in [6.07, 6.45) is -17.2. The number of aromatic nitrogens is 2. The van der Waals surface area contributed by atoms with E-state index in [4.69, 9.17) is 9.84 Å². The number of carbonyl (C=O) groups is 1. The maximum absolute atomic E-state index is 12.2. The SMILES string of the molecule is O=C(O)[C@H]1OC(OP(=O)(O)OP(=O)(O)OC[C@H]2O[C@@H](n3ccc(=O)[nH]c3=O)[C@H](O)[C@@H]2O)[C@H](O)[C@@H](O)[C@@H]1O. The van der Waals surface area contributed by atoms with Gasteiger partial charge in [0.15, 0.2) is 18.6 Å². The molecule has 2 aliphatic heterocycles. The van der Waals surface area contributed by atoms with E-state index in [2.05, 4.69) is 18.1 Å². The highest BCUT2D eigenvalue weighted by Crippen LogP contribution is 2.61. The van der Waals surface area contributed by atoms with Crippen molar-refractivity contribution in [2.45, 2.75) is 55.2 Å². The van der Waals surface area contributed by atoms with Crippen LogP contribution in [0, 0.1) is 0 Å². The third-order valence-corrected chi connectivity index (χ3v) is 7.72. The lowest BCUT2D eigenvalue weighted by Gasteiger charge is -2.38. The first-order valence-corrected chi connectivity index (χ1v) is 13.0. The topological polar surface area (TPSA) is 314 Å². The number of aliphatic hydroxyl groups excluding tert-OH is 5. The summed E-state index contributed by atoms with van der Waals surface area (Å²) in [5.41, 5.74) is -1.78. The Labute approximate surface area is 204 Å². The number of nitrogens with one attached hydrogen (secondary N) is 1. The van der Waals surface area contributed by atoms with Gasteiger partial charge in [-0.3, -0.25) is 23.4 Å². The maximum Gasteiger partial charge on any atom is 0.483 e. The first kappa shape index (κ1) is 29.7. The number of phosphoric ester groups is 2. The third kappa shape index (κ3) is 6.77. The van der Waals surface area contributed by atoms with Crippen LogP contribution in [0.5, 0.6) is 0 Å². The van der Waals surface area contributed by atoms with Gasteiger partial charge in [-0.1, -0.05) is 0 Å². The van der Waals surface area contributed by atoms with Crippen LogP contribution in [0.1, 0.15) is 6.23 Å². The van der Waals surface area contributed by atoms with Gasteiger partial charge < -0.3 is 49.9 Å². The van der Waals surface area contributed by atoms with Crippen LogP contribution in [0.3, 0.4) is 0 Å². The van der Waals surface area contributed by atoms with Crippen molar-refractivity contribution in [3.8, 4) is 0 Å². The van der Waals surface area contributed by atoms with Gasteiger partial charge in [-0.05, 0) is 0 Å². The van der Waals surface area contributed by atoms with Crippen LogP contribution < -0.4 is 11.2 Å². The first-order chi connectivity index (χ1) is 17.0. The highest BCUT2D eigenvalue weighted by molar-refractivity contribution is 7.61. The van der Waals surface area contributed by atoms with Gasteiger partial charge in [0.05, 0.1) is 6.61 Å². The minimum absolute atomic E-state index is 0.700. The number of aliphatic carboxylic acids is 1. The number of aliphatic hydroxyl groups is 5. The second-order valence-electron chi connectivity index (χ2n) is 7.72. The summed E-state index contributed by atoms with van der Waals surface area (Å²) >= 11 is 0. The number of phosphoric acid groups is 2. The van der Waals surface area contributed by atoms with E-state index in [1.165, 1.54) is 0 Å². The van der Waals surface area contributed by atoms with Crippen molar-refractivity contribution >= 4 is 21.6 Å². The Hall–Kier alpha value is -1.87. The van der Waals surface area contributed by atoms with Crippen molar-refractivity contribution in [3.05, 3.63) is 33.1 Å². The normalized spacial score (nSPS) is 37.5. The van der Waals surface area contributed by atoms with Gasteiger partial charge >= 0.3 is 27.3 Å². The maximum atomic E-state index is 12.2. The van der Waals surface area contributed by atoms with E-state index in [0.29, 0.717) is 4.57 Å². The van der Waals surface area contributed by atoms with E-state index in [9.17, 15) is 58.8 Å². The molecule has 0 saturated carbocycles. The van der Waals surface area contributed by atoms with Crippen molar-refractivity contribution in [2.24, 2.45) is 0 Å². The van der Waals surface area contributed by atoms with Crippen molar-refractivity contribution in [1.82, 2.24) is 9.55 Å². The molecule has 37 heavy (non-hydrogen) atoms. The molecular formula is C15H22N2O18P2. The molecule has 0 aromatic carbocycles. The molecule has 11 atom stereocenters. The number of H-pyrrole nitrogens is 1. The molecule has 0 spiro atoms. The highest BCUT2D eigenvalue weighted by atomic mass is 31.3. The number of carboxylic acid groups (broad SMARTS) is 1. The lowest BCUT2D eigenvalue weighted by Crippen LogP contribution is -2.60. The predicted molar refractivity (Wildman–Crippen MR) is 109 cm³/mol. The van der Waals surface area contributed by atoms with E-state index in [1.807, 2.05) is 4.98 Å². The zero-order valence-corrected chi connectivity index (χ0v) is 19.8. The molecule has 22 heteroatoms. The minimum Gasteiger partial charge on any atom is -0.479 e. The van der Waals surface area contributed by atoms with Crippen LogP contribution in [0.25, 0.3) is 0 Å². The fraction of sp³-hybridized carbons (Fsp3) is 0.667. The van der Waals surface area contributed by atoms with Gasteiger partial charge in [0, 0.05) is 12.3 Å². The molecule has 1 aromatic rings. The fourth-order valence-corrected chi connectivity index (χ4v) is 5.49. The van der Waals surface area contributed by atoms with Gasteiger partial charge in [-0.2, -0.15) is 4.31 Å². The number of aromatic amines is 1. The lowest BCUT2D eigenvalue weighted by atomic mass is 9.99. The minimum atomic E-state index is -5.72. The van der Waals surface area contributed by atoms with E-state index in [0.717, 1.165) is 12.3 Å². The number of rotatable bonds is 9. The monoisotopic (exact) mass is 580 g/mol. The van der Waals surface area contributed by atoms with Crippen LogP contribution in [0.2, 0.25) is 0 Å². The molecule has 2 aliphatic rings. The molecule has 210 valence electrons. The van der Waals surface area contributed by atoms with Gasteiger partial charge in [-0.15, -0.1) is 0 Å². The molecule has 3 unspecified atom stereocenters. The molecule has 0 radical (unpaired) electrons. The largest absolute Gasteiger partial charge is 0.483 e. The van der Waals surface area contributed by atoms with Crippen LogP contribution in [0.4, 0.5) is 0 Å². The Morgan fingerprint density at radius 2 is 1.62 bits per heavy atom. The summed E-state index contributed by atoms with van der Waals surface area (Å²) in [7, 11) is -11.3. The fourth-order valence-electron chi connectivity index (χ4n) is 3.34. The van der Waals surface area contributed by atoms with Gasteiger partial charge in [0.2, 0.25) is 0 Å². The molecule has 0 aliphatic carbocycles. The Bertz CT molecular complexity index is 1200. The number of hydrogen-bond acceptors (Lipinski definition) is 15. The molecule has 3 rings (SSSR count). The zero-order chi connectivity index (χ0) is 27.9. The average molecular weight is 580 g/mol. The number of hydrogen-bond donors (Lipinski definition) is 9. The van der Waals surface area contributed by atoms with E-state index >= 15 is 0 Å². The Morgan fingerprint density at radius 3 is 2.22 bits per heavy atom. The quantitative estimate of drug-likeness (QED) is 0.124. The van der Waals surface area contributed by atoms with E-state index in [-0.39, 0.29) is 0 Å². The van der Waals surface area contributed by atoms with Crippen molar-refractivity contribution in [3.63, 3.8) is 0 Å². The van der Waals surface area contributed by atoms with Crippen LogP contribution >= 0.6 is 15.6 Å². The molecule has 1 aromatic heterocycles. The summed E-state index contributed by atoms with van der Waals surface area (Å²) in [5, 5.41) is 58.3.